The lowest BCUT2D eigenvalue weighted by molar-refractivity contribution is -0.125. The number of benzene rings is 1. The average Bonchev–Trinajstić information content (AvgIpc) is 2.27. The van der Waals surface area contributed by atoms with Crippen molar-refractivity contribution in [3.8, 4) is 5.75 Å². The second kappa shape index (κ2) is 4.77. The first-order valence-electron chi connectivity index (χ1n) is 4.47. The molecule has 5 heteroatoms. The second-order valence-corrected chi connectivity index (χ2v) is 3.08. The number of nitrogens with two attached hydrogens (primary N) is 1. The average molecular weight is 210 g/mol. The molecular formula is C10H14N2O3. The molecule has 3 N–H and O–H groups in total. The first-order chi connectivity index (χ1) is 7.06. The van der Waals surface area contributed by atoms with E-state index in [1.165, 1.54) is 6.92 Å². The minimum absolute atomic E-state index is 0.502. The van der Waals surface area contributed by atoms with Gasteiger partial charge in [0.2, 0.25) is 0 Å². The SMILES string of the molecule is COc1ccc(N(N)C(=O)C(C)O)cc1. The molecule has 0 aliphatic heterocycles. The molecular weight excluding hydrogens is 196 g/mol. The molecule has 82 valence electrons. The maximum atomic E-state index is 11.3. The lowest BCUT2D eigenvalue weighted by atomic mass is 10.2. The van der Waals surface area contributed by atoms with E-state index in [0.717, 1.165) is 5.01 Å². The molecule has 0 radical (unpaired) electrons. The number of methoxy groups -OCH3 is 1. The van der Waals surface area contributed by atoms with Crippen LogP contribution in [0.4, 0.5) is 5.69 Å². The van der Waals surface area contributed by atoms with Gasteiger partial charge < -0.3 is 9.84 Å². The smallest absolute Gasteiger partial charge is 0.269 e. The summed E-state index contributed by atoms with van der Waals surface area (Å²) < 4.78 is 4.96. The monoisotopic (exact) mass is 210 g/mol. The summed E-state index contributed by atoms with van der Waals surface area (Å²) in [6.45, 7) is 1.37. The van der Waals surface area contributed by atoms with E-state index in [9.17, 15) is 4.79 Å². The van der Waals surface area contributed by atoms with Gasteiger partial charge in [0.25, 0.3) is 5.91 Å². The molecule has 0 spiro atoms. The summed E-state index contributed by atoms with van der Waals surface area (Å²) in [5, 5.41) is 9.96. The van der Waals surface area contributed by atoms with Gasteiger partial charge in [0.05, 0.1) is 12.8 Å². The van der Waals surface area contributed by atoms with Crippen molar-refractivity contribution in [2.75, 3.05) is 12.1 Å². The number of hydrazine groups is 1. The highest BCUT2D eigenvalue weighted by atomic mass is 16.5. The zero-order chi connectivity index (χ0) is 11.4. The van der Waals surface area contributed by atoms with Gasteiger partial charge in [-0.15, -0.1) is 0 Å². The number of carbonyl (C=O) groups excluding carboxylic acids is 1. The van der Waals surface area contributed by atoms with Crippen molar-refractivity contribution in [1.82, 2.24) is 0 Å². The van der Waals surface area contributed by atoms with Crippen LogP contribution in [-0.2, 0) is 4.79 Å². The predicted octanol–water partition coefficient (Wildman–Crippen LogP) is 0.283. The molecule has 1 unspecified atom stereocenters. The lowest BCUT2D eigenvalue weighted by Crippen LogP contribution is -2.43. The van der Waals surface area contributed by atoms with Crippen LogP contribution in [0.5, 0.6) is 5.75 Å². The van der Waals surface area contributed by atoms with Crippen LogP contribution in [0.2, 0.25) is 0 Å². The summed E-state index contributed by atoms with van der Waals surface area (Å²) in [6, 6.07) is 6.65. The van der Waals surface area contributed by atoms with Gasteiger partial charge in [-0.1, -0.05) is 0 Å². The third-order valence-electron chi connectivity index (χ3n) is 1.95. The van der Waals surface area contributed by atoms with Crippen LogP contribution in [-0.4, -0.2) is 24.2 Å². The highest BCUT2D eigenvalue weighted by Crippen LogP contribution is 2.17. The molecule has 0 heterocycles. The standard InChI is InChI=1S/C10H14N2O3/c1-7(13)10(14)12(11)8-3-5-9(15-2)6-4-8/h3-7,13H,11H2,1-2H3. The summed E-state index contributed by atoms with van der Waals surface area (Å²) in [5.74, 6) is 5.64. The number of ether oxygens (including phenoxy) is 1. The Morgan fingerprint density at radius 1 is 1.47 bits per heavy atom. The Labute approximate surface area is 88.0 Å². The number of carbonyl (C=O) groups is 1. The predicted molar refractivity (Wildman–Crippen MR) is 56.3 cm³/mol. The zero-order valence-electron chi connectivity index (χ0n) is 8.68. The minimum atomic E-state index is -1.11. The van der Waals surface area contributed by atoms with E-state index in [2.05, 4.69) is 0 Å². The van der Waals surface area contributed by atoms with Crippen LogP contribution in [0.3, 0.4) is 0 Å². The van der Waals surface area contributed by atoms with Crippen molar-refractivity contribution in [2.24, 2.45) is 5.84 Å². The molecule has 1 rings (SSSR count). The second-order valence-electron chi connectivity index (χ2n) is 3.08. The Morgan fingerprint density at radius 2 is 2.00 bits per heavy atom. The van der Waals surface area contributed by atoms with Gasteiger partial charge in [-0.05, 0) is 31.2 Å². The number of nitrogens with zero attached hydrogens (tertiary/aromatic N) is 1. The molecule has 0 aromatic heterocycles. The number of hydrogen-bond acceptors (Lipinski definition) is 4. The molecule has 0 aliphatic carbocycles. The number of anilines is 1. The van der Waals surface area contributed by atoms with E-state index in [-0.39, 0.29) is 0 Å². The molecule has 1 aromatic carbocycles. The number of amides is 1. The minimum Gasteiger partial charge on any atom is -0.497 e. The quantitative estimate of drug-likeness (QED) is 0.427. The number of aliphatic hydroxyl groups is 1. The Morgan fingerprint density at radius 3 is 2.40 bits per heavy atom. The largest absolute Gasteiger partial charge is 0.497 e. The topological polar surface area (TPSA) is 75.8 Å². The van der Waals surface area contributed by atoms with Crippen molar-refractivity contribution in [3.05, 3.63) is 24.3 Å². The van der Waals surface area contributed by atoms with Crippen molar-refractivity contribution < 1.29 is 14.6 Å². The van der Waals surface area contributed by atoms with Gasteiger partial charge in [-0.2, -0.15) is 0 Å². The van der Waals surface area contributed by atoms with Crippen molar-refractivity contribution in [3.63, 3.8) is 0 Å². The molecule has 0 saturated carbocycles. The summed E-state index contributed by atoms with van der Waals surface area (Å²) in [4.78, 5) is 11.3. The molecule has 1 aromatic rings. The molecule has 1 atom stereocenters. The summed E-state index contributed by atoms with van der Waals surface area (Å²) in [6.07, 6.45) is -1.11. The van der Waals surface area contributed by atoms with Gasteiger partial charge in [0.1, 0.15) is 11.9 Å². The fourth-order valence-corrected chi connectivity index (χ4v) is 1.07. The van der Waals surface area contributed by atoms with Crippen LogP contribution in [0, 0.1) is 0 Å². The lowest BCUT2D eigenvalue weighted by Gasteiger charge is -2.18. The molecule has 0 bridgehead atoms. The van der Waals surface area contributed by atoms with E-state index in [0.29, 0.717) is 11.4 Å². The van der Waals surface area contributed by atoms with E-state index in [1.807, 2.05) is 0 Å². The summed E-state index contributed by atoms with van der Waals surface area (Å²) in [5.41, 5.74) is 0.502. The molecule has 15 heavy (non-hydrogen) atoms. The van der Waals surface area contributed by atoms with E-state index < -0.39 is 12.0 Å². The zero-order valence-corrected chi connectivity index (χ0v) is 8.68. The van der Waals surface area contributed by atoms with Crippen molar-refractivity contribution in [1.29, 1.82) is 0 Å². The van der Waals surface area contributed by atoms with E-state index in [1.54, 1.807) is 31.4 Å². The van der Waals surface area contributed by atoms with Gasteiger partial charge in [-0.3, -0.25) is 4.79 Å². The molecule has 0 saturated heterocycles. The fourth-order valence-electron chi connectivity index (χ4n) is 1.07. The van der Waals surface area contributed by atoms with Crippen LogP contribution in [0.15, 0.2) is 24.3 Å². The number of hydrogen-bond donors (Lipinski definition) is 2. The van der Waals surface area contributed by atoms with Crippen LogP contribution in [0.1, 0.15) is 6.92 Å². The van der Waals surface area contributed by atoms with Gasteiger partial charge >= 0.3 is 0 Å². The highest BCUT2D eigenvalue weighted by molar-refractivity contribution is 5.94. The van der Waals surface area contributed by atoms with Crippen molar-refractivity contribution in [2.45, 2.75) is 13.0 Å². The third-order valence-corrected chi connectivity index (χ3v) is 1.95. The summed E-state index contributed by atoms with van der Waals surface area (Å²) >= 11 is 0. The van der Waals surface area contributed by atoms with Crippen LogP contribution >= 0.6 is 0 Å². The number of aliphatic hydroxyl groups excluding tert-OH is 1. The Hall–Kier alpha value is -1.59. The maximum Gasteiger partial charge on any atom is 0.269 e. The van der Waals surface area contributed by atoms with E-state index in [4.69, 9.17) is 15.7 Å². The Balaban J connectivity index is 2.82. The first kappa shape index (κ1) is 11.5. The normalized spacial score (nSPS) is 12.0. The first-order valence-corrected chi connectivity index (χ1v) is 4.47. The Bertz CT molecular complexity index is 335. The molecule has 5 nitrogen and oxygen atoms in total. The maximum absolute atomic E-state index is 11.3. The third kappa shape index (κ3) is 2.68. The van der Waals surface area contributed by atoms with Crippen LogP contribution < -0.4 is 15.6 Å². The number of rotatable bonds is 3. The van der Waals surface area contributed by atoms with Gasteiger partial charge in [0, 0.05) is 0 Å². The van der Waals surface area contributed by atoms with Crippen molar-refractivity contribution >= 4 is 11.6 Å². The van der Waals surface area contributed by atoms with Crippen LogP contribution in [0.25, 0.3) is 0 Å². The molecule has 0 fully saturated rings. The Kier molecular flexibility index (Phi) is 3.65. The van der Waals surface area contributed by atoms with E-state index >= 15 is 0 Å². The molecule has 0 aliphatic rings. The van der Waals surface area contributed by atoms with Gasteiger partial charge in [0.15, 0.2) is 0 Å². The highest BCUT2D eigenvalue weighted by Gasteiger charge is 2.16. The summed E-state index contributed by atoms with van der Waals surface area (Å²) in [7, 11) is 1.55. The molecule has 1 amide bonds. The van der Waals surface area contributed by atoms with Gasteiger partial charge in [-0.25, -0.2) is 10.9 Å². The fraction of sp³-hybridized carbons (Fsp3) is 0.300.